The Hall–Kier alpha value is -1.38. The first-order chi connectivity index (χ1) is 9.60. The van der Waals surface area contributed by atoms with Crippen LogP contribution in [0.5, 0.6) is 0 Å². The Balaban J connectivity index is 2.07. The summed E-state index contributed by atoms with van der Waals surface area (Å²) in [4.78, 5) is 0. The first-order valence-electron chi connectivity index (χ1n) is 6.84. The third-order valence-corrected chi connectivity index (χ3v) is 3.74. The summed E-state index contributed by atoms with van der Waals surface area (Å²) in [5.41, 5.74) is 3.27. The first kappa shape index (κ1) is 15.0. The zero-order valence-electron chi connectivity index (χ0n) is 11.8. The molecule has 3 heteroatoms. The molecule has 2 rings (SSSR count). The molecule has 1 atom stereocenters. The van der Waals surface area contributed by atoms with Gasteiger partial charge in [0.15, 0.2) is 0 Å². The lowest BCUT2D eigenvalue weighted by molar-refractivity contribution is 0.517. The van der Waals surface area contributed by atoms with Gasteiger partial charge in [0.25, 0.3) is 0 Å². The molecule has 2 aromatic rings. The maximum Gasteiger partial charge on any atom is 0.123 e. The van der Waals surface area contributed by atoms with Crippen LogP contribution < -0.4 is 5.32 Å². The molecule has 0 aromatic heterocycles. The predicted octanol–water partition coefficient (Wildman–Crippen LogP) is 5.03. The standard InChI is InChI=1S/C17H19ClFN/c1-3-17(13-5-4-6-15(18)10-13)20-11-14-7-8-16(19)9-12(14)2/h4-10,17,20H,3,11H2,1-2H3. The Labute approximate surface area is 124 Å². The molecule has 1 unspecified atom stereocenters. The molecule has 2 aromatic carbocycles. The van der Waals surface area contributed by atoms with Crippen molar-refractivity contribution in [2.24, 2.45) is 0 Å². The predicted molar refractivity (Wildman–Crippen MR) is 82.5 cm³/mol. The van der Waals surface area contributed by atoms with Crippen molar-refractivity contribution in [3.63, 3.8) is 0 Å². The van der Waals surface area contributed by atoms with Gasteiger partial charge in [-0.1, -0.05) is 36.7 Å². The van der Waals surface area contributed by atoms with E-state index in [0.29, 0.717) is 0 Å². The van der Waals surface area contributed by atoms with E-state index in [1.54, 1.807) is 6.07 Å². The zero-order chi connectivity index (χ0) is 14.5. The molecule has 106 valence electrons. The number of halogens is 2. The maximum atomic E-state index is 13.1. The molecule has 0 radical (unpaired) electrons. The van der Waals surface area contributed by atoms with Crippen LogP contribution in [0.15, 0.2) is 42.5 Å². The zero-order valence-corrected chi connectivity index (χ0v) is 12.5. The van der Waals surface area contributed by atoms with Crippen molar-refractivity contribution in [1.82, 2.24) is 5.32 Å². The molecule has 0 fully saturated rings. The van der Waals surface area contributed by atoms with Crippen molar-refractivity contribution in [3.8, 4) is 0 Å². The Kier molecular flexibility index (Phi) is 5.16. The summed E-state index contributed by atoms with van der Waals surface area (Å²) in [6.07, 6.45) is 0.973. The fourth-order valence-corrected chi connectivity index (χ4v) is 2.51. The Morgan fingerprint density at radius 1 is 1.20 bits per heavy atom. The lowest BCUT2D eigenvalue weighted by atomic mass is 10.0. The van der Waals surface area contributed by atoms with Crippen LogP contribution in [0, 0.1) is 12.7 Å². The summed E-state index contributed by atoms with van der Waals surface area (Å²) < 4.78 is 13.1. The Bertz CT molecular complexity index is 583. The van der Waals surface area contributed by atoms with Crippen LogP contribution in [0.4, 0.5) is 4.39 Å². The second-order valence-electron chi connectivity index (χ2n) is 4.97. The summed E-state index contributed by atoms with van der Waals surface area (Å²) in [6, 6.07) is 13.1. The minimum atomic E-state index is -0.187. The third kappa shape index (κ3) is 3.81. The summed E-state index contributed by atoms with van der Waals surface area (Å²) in [5, 5.41) is 4.26. The summed E-state index contributed by atoms with van der Waals surface area (Å²) >= 11 is 6.04. The van der Waals surface area contributed by atoms with Gasteiger partial charge in [-0.25, -0.2) is 4.39 Å². The molecular weight excluding hydrogens is 273 g/mol. The largest absolute Gasteiger partial charge is 0.306 e. The van der Waals surface area contributed by atoms with Gasteiger partial charge in [-0.3, -0.25) is 0 Å². The minimum Gasteiger partial charge on any atom is -0.306 e. The molecule has 0 heterocycles. The van der Waals surface area contributed by atoms with Gasteiger partial charge in [0.05, 0.1) is 0 Å². The second kappa shape index (κ2) is 6.87. The molecule has 0 aliphatic carbocycles. The van der Waals surface area contributed by atoms with E-state index in [0.717, 1.165) is 29.1 Å². The molecule has 0 saturated heterocycles. The van der Waals surface area contributed by atoms with Crippen molar-refractivity contribution < 1.29 is 4.39 Å². The number of aryl methyl sites for hydroxylation is 1. The van der Waals surface area contributed by atoms with Crippen LogP contribution in [0.3, 0.4) is 0 Å². The van der Waals surface area contributed by atoms with E-state index in [9.17, 15) is 4.39 Å². The van der Waals surface area contributed by atoms with Gasteiger partial charge in [-0.2, -0.15) is 0 Å². The molecular formula is C17H19ClFN. The van der Waals surface area contributed by atoms with Gasteiger partial charge in [0, 0.05) is 17.6 Å². The maximum absolute atomic E-state index is 13.1. The number of hydrogen-bond donors (Lipinski definition) is 1. The van der Waals surface area contributed by atoms with E-state index in [-0.39, 0.29) is 11.9 Å². The van der Waals surface area contributed by atoms with Crippen molar-refractivity contribution in [3.05, 3.63) is 70.0 Å². The van der Waals surface area contributed by atoms with Crippen molar-refractivity contribution in [1.29, 1.82) is 0 Å². The van der Waals surface area contributed by atoms with Crippen LogP contribution in [0.2, 0.25) is 5.02 Å². The highest BCUT2D eigenvalue weighted by Crippen LogP contribution is 2.21. The van der Waals surface area contributed by atoms with Gasteiger partial charge in [0.2, 0.25) is 0 Å². The van der Waals surface area contributed by atoms with Crippen LogP contribution in [-0.2, 0) is 6.54 Å². The van der Waals surface area contributed by atoms with E-state index in [2.05, 4.69) is 18.3 Å². The highest BCUT2D eigenvalue weighted by Gasteiger charge is 2.10. The van der Waals surface area contributed by atoms with Gasteiger partial charge in [-0.15, -0.1) is 0 Å². The lowest BCUT2D eigenvalue weighted by Gasteiger charge is -2.18. The number of nitrogens with one attached hydrogen (secondary N) is 1. The highest BCUT2D eigenvalue weighted by molar-refractivity contribution is 6.30. The van der Waals surface area contributed by atoms with Crippen LogP contribution in [0.1, 0.15) is 36.1 Å². The smallest absolute Gasteiger partial charge is 0.123 e. The van der Waals surface area contributed by atoms with Gasteiger partial charge in [0.1, 0.15) is 5.82 Å². The van der Waals surface area contributed by atoms with Gasteiger partial charge in [-0.05, 0) is 54.3 Å². The monoisotopic (exact) mass is 291 g/mol. The third-order valence-electron chi connectivity index (χ3n) is 3.50. The average molecular weight is 292 g/mol. The molecule has 0 spiro atoms. The van der Waals surface area contributed by atoms with E-state index in [1.165, 1.54) is 11.6 Å². The first-order valence-corrected chi connectivity index (χ1v) is 7.22. The number of benzene rings is 2. The van der Waals surface area contributed by atoms with Crippen LogP contribution in [-0.4, -0.2) is 0 Å². The topological polar surface area (TPSA) is 12.0 Å². The molecule has 0 bridgehead atoms. The molecule has 1 nitrogen and oxygen atoms in total. The van der Waals surface area contributed by atoms with Crippen LogP contribution in [0.25, 0.3) is 0 Å². The van der Waals surface area contributed by atoms with E-state index >= 15 is 0 Å². The lowest BCUT2D eigenvalue weighted by Crippen LogP contribution is -2.20. The van der Waals surface area contributed by atoms with Crippen LogP contribution >= 0.6 is 11.6 Å². The molecule has 0 saturated carbocycles. The summed E-state index contributed by atoms with van der Waals surface area (Å²) in [7, 11) is 0. The molecule has 20 heavy (non-hydrogen) atoms. The number of hydrogen-bond acceptors (Lipinski definition) is 1. The molecule has 0 amide bonds. The Morgan fingerprint density at radius 3 is 2.65 bits per heavy atom. The van der Waals surface area contributed by atoms with Crippen molar-refractivity contribution in [2.45, 2.75) is 32.9 Å². The number of rotatable bonds is 5. The van der Waals surface area contributed by atoms with Crippen molar-refractivity contribution >= 4 is 11.6 Å². The van der Waals surface area contributed by atoms with Gasteiger partial charge >= 0.3 is 0 Å². The normalized spacial score (nSPS) is 12.4. The van der Waals surface area contributed by atoms with Crippen molar-refractivity contribution in [2.75, 3.05) is 0 Å². The fourth-order valence-electron chi connectivity index (χ4n) is 2.31. The van der Waals surface area contributed by atoms with E-state index in [1.807, 2.05) is 31.2 Å². The summed E-state index contributed by atoms with van der Waals surface area (Å²) in [6.45, 7) is 4.79. The second-order valence-corrected chi connectivity index (χ2v) is 5.40. The highest BCUT2D eigenvalue weighted by atomic mass is 35.5. The van der Waals surface area contributed by atoms with E-state index < -0.39 is 0 Å². The Morgan fingerprint density at radius 2 is 2.00 bits per heavy atom. The van der Waals surface area contributed by atoms with Gasteiger partial charge < -0.3 is 5.32 Å². The average Bonchev–Trinajstić information content (AvgIpc) is 2.41. The molecule has 0 aliphatic heterocycles. The molecule has 0 aliphatic rings. The SMILES string of the molecule is CCC(NCc1ccc(F)cc1C)c1cccc(Cl)c1. The minimum absolute atomic E-state index is 0.187. The fraction of sp³-hybridized carbons (Fsp3) is 0.294. The van der Waals surface area contributed by atoms with E-state index in [4.69, 9.17) is 11.6 Å². The quantitative estimate of drug-likeness (QED) is 0.815. The summed E-state index contributed by atoms with van der Waals surface area (Å²) in [5.74, 6) is -0.187. The molecule has 1 N–H and O–H groups in total.